The summed E-state index contributed by atoms with van der Waals surface area (Å²) in [4.78, 5) is 25.9. The maximum atomic E-state index is 13.6. The number of fused-ring (bicyclic) bond motifs is 1. The zero-order valence-corrected chi connectivity index (χ0v) is 19.0. The van der Waals surface area contributed by atoms with E-state index >= 15 is 0 Å². The van der Waals surface area contributed by atoms with Crippen LogP contribution in [0.1, 0.15) is 5.56 Å². The number of carbonyl (C=O) groups is 1. The summed E-state index contributed by atoms with van der Waals surface area (Å²) in [6, 6.07) is 9.28. The van der Waals surface area contributed by atoms with Crippen LogP contribution in [-0.4, -0.2) is 49.0 Å². The molecule has 0 unspecified atom stereocenters. The van der Waals surface area contributed by atoms with Crippen LogP contribution in [0.5, 0.6) is 0 Å². The number of benzene rings is 2. The minimum Gasteiger partial charge on any atom is -0.347 e. The number of amides is 1. The van der Waals surface area contributed by atoms with Gasteiger partial charge in [0.15, 0.2) is 0 Å². The number of aromatic nitrogens is 2. The van der Waals surface area contributed by atoms with Crippen molar-refractivity contribution in [2.24, 2.45) is 14.1 Å². The summed E-state index contributed by atoms with van der Waals surface area (Å²) in [5.41, 5.74) is 1.89. The number of halogens is 1. The quantitative estimate of drug-likeness (QED) is 0.596. The van der Waals surface area contributed by atoms with E-state index in [0.29, 0.717) is 16.1 Å². The first-order valence-corrected chi connectivity index (χ1v) is 10.9. The molecule has 2 aromatic carbocycles. The molecule has 0 radical (unpaired) electrons. The van der Waals surface area contributed by atoms with Crippen molar-refractivity contribution in [1.82, 2.24) is 14.0 Å². The maximum absolute atomic E-state index is 13.6. The zero-order valence-electron chi connectivity index (χ0n) is 17.4. The number of hydrogen-bond donors (Lipinski definition) is 0. The van der Waals surface area contributed by atoms with Crippen LogP contribution in [0.4, 0.5) is 5.69 Å². The number of sulfonamides is 1. The normalized spacial score (nSPS) is 11.7. The molecular weight excluding hydrogens is 428 g/mol. The van der Waals surface area contributed by atoms with Gasteiger partial charge in [-0.2, -0.15) is 0 Å². The monoisotopic (exact) mass is 450 g/mol. The van der Waals surface area contributed by atoms with Gasteiger partial charge in [0.1, 0.15) is 6.54 Å². The Labute approximate surface area is 179 Å². The van der Waals surface area contributed by atoms with Gasteiger partial charge in [0, 0.05) is 33.2 Å². The van der Waals surface area contributed by atoms with Crippen molar-refractivity contribution in [2.45, 2.75) is 11.8 Å². The Morgan fingerprint density at radius 2 is 1.67 bits per heavy atom. The van der Waals surface area contributed by atoms with Crippen LogP contribution in [-0.2, 0) is 28.9 Å². The van der Waals surface area contributed by atoms with Gasteiger partial charge in [-0.15, -0.1) is 0 Å². The highest BCUT2D eigenvalue weighted by atomic mass is 35.5. The molecule has 0 saturated carbocycles. The van der Waals surface area contributed by atoms with Crippen molar-refractivity contribution in [3.05, 3.63) is 57.5 Å². The Morgan fingerprint density at radius 1 is 1.03 bits per heavy atom. The molecule has 0 aliphatic heterocycles. The van der Waals surface area contributed by atoms with E-state index in [1.807, 2.05) is 0 Å². The lowest BCUT2D eigenvalue weighted by Crippen LogP contribution is -2.40. The standard InChI is InChI=1S/C20H23ClN4O4S/c1-13-6-7-14(10-16(13)21)25(12-19(26)22(2)3)30(28,29)15-8-9-17-18(11-15)24(5)20(27)23(17)4/h6-11H,12H2,1-5H3. The lowest BCUT2D eigenvalue weighted by molar-refractivity contribution is -0.127. The van der Waals surface area contributed by atoms with Crippen LogP contribution in [0, 0.1) is 6.92 Å². The Bertz CT molecular complexity index is 1310. The van der Waals surface area contributed by atoms with Gasteiger partial charge in [0.2, 0.25) is 5.91 Å². The number of aryl methyl sites for hydroxylation is 3. The van der Waals surface area contributed by atoms with Crippen LogP contribution in [0.25, 0.3) is 11.0 Å². The fourth-order valence-electron chi connectivity index (χ4n) is 3.09. The van der Waals surface area contributed by atoms with E-state index in [1.165, 1.54) is 32.2 Å². The Morgan fingerprint density at radius 3 is 2.27 bits per heavy atom. The van der Waals surface area contributed by atoms with Gasteiger partial charge in [-0.1, -0.05) is 17.7 Å². The second-order valence-corrected chi connectivity index (χ2v) is 9.55. The lowest BCUT2D eigenvalue weighted by atomic mass is 10.2. The van der Waals surface area contributed by atoms with Gasteiger partial charge < -0.3 is 4.90 Å². The molecule has 0 aliphatic carbocycles. The molecule has 0 aliphatic rings. The molecule has 0 fully saturated rings. The van der Waals surface area contributed by atoms with Gasteiger partial charge in [0.05, 0.1) is 21.6 Å². The molecule has 0 atom stereocenters. The number of hydrogen-bond acceptors (Lipinski definition) is 4. The van der Waals surface area contributed by atoms with Crippen molar-refractivity contribution in [3.63, 3.8) is 0 Å². The van der Waals surface area contributed by atoms with E-state index in [1.54, 1.807) is 53.3 Å². The molecule has 0 N–H and O–H groups in total. The number of anilines is 1. The third-order valence-electron chi connectivity index (χ3n) is 5.05. The van der Waals surface area contributed by atoms with Crippen LogP contribution in [0.2, 0.25) is 5.02 Å². The first kappa shape index (κ1) is 21.9. The van der Waals surface area contributed by atoms with E-state index in [4.69, 9.17) is 11.6 Å². The molecule has 1 amide bonds. The second kappa shape index (κ2) is 7.81. The summed E-state index contributed by atoms with van der Waals surface area (Å²) in [6.07, 6.45) is 0. The number of rotatable bonds is 5. The molecule has 8 nitrogen and oxygen atoms in total. The van der Waals surface area contributed by atoms with Gasteiger partial charge in [-0.3, -0.25) is 18.2 Å². The zero-order chi connectivity index (χ0) is 22.4. The minimum atomic E-state index is -4.12. The fraction of sp³-hybridized carbons (Fsp3) is 0.300. The summed E-state index contributed by atoms with van der Waals surface area (Å²) >= 11 is 6.21. The summed E-state index contributed by atoms with van der Waals surface area (Å²) in [6.45, 7) is 1.42. The molecule has 1 aromatic heterocycles. The van der Waals surface area contributed by atoms with Crippen molar-refractivity contribution in [2.75, 3.05) is 24.9 Å². The van der Waals surface area contributed by atoms with Crippen molar-refractivity contribution in [1.29, 1.82) is 0 Å². The lowest BCUT2D eigenvalue weighted by Gasteiger charge is -2.26. The largest absolute Gasteiger partial charge is 0.347 e. The first-order valence-electron chi connectivity index (χ1n) is 9.09. The minimum absolute atomic E-state index is 0.0283. The molecule has 3 rings (SSSR count). The topological polar surface area (TPSA) is 84.6 Å². The van der Waals surface area contributed by atoms with Crippen LogP contribution >= 0.6 is 11.6 Å². The summed E-state index contributed by atoms with van der Waals surface area (Å²) in [5.74, 6) is -0.386. The molecule has 0 bridgehead atoms. The summed E-state index contributed by atoms with van der Waals surface area (Å²) < 4.78 is 31.0. The summed E-state index contributed by atoms with van der Waals surface area (Å²) in [5, 5.41) is 0.394. The van der Waals surface area contributed by atoms with Crippen LogP contribution < -0.4 is 9.99 Å². The maximum Gasteiger partial charge on any atom is 0.328 e. The number of imidazole rings is 1. The SMILES string of the molecule is Cc1ccc(N(CC(=O)N(C)C)S(=O)(=O)c2ccc3c(c2)n(C)c(=O)n3C)cc1Cl. The Kier molecular flexibility index (Phi) is 5.70. The molecule has 0 spiro atoms. The van der Waals surface area contributed by atoms with Gasteiger partial charge in [-0.05, 0) is 42.8 Å². The highest BCUT2D eigenvalue weighted by Gasteiger charge is 2.29. The average Bonchev–Trinajstić information content (AvgIpc) is 2.91. The third-order valence-corrected chi connectivity index (χ3v) is 7.23. The van der Waals surface area contributed by atoms with Crippen molar-refractivity contribution < 1.29 is 13.2 Å². The van der Waals surface area contributed by atoms with Crippen LogP contribution in [0.15, 0.2) is 46.1 Å². The molecule has 1 heterocycles. The highest BCUT2D eigenvalue weighted by molar-refractivity contribution is 7.92. The fourth-order valence-corrected chi connectivity index (χ4v) is 4.69. The van der Waals surface area contributed by atoms with Crippen molar-refractivity contribution in [3.8, 4) is 0 Å². The van der Waals surface area contributed by atoms with Gasteiger partial charge >= 0.3 is 5.69 Å². The third kappa shape index (κ3) is 3.70. The predicted octanol–water partition coefficient (Wildman–Crippen LogP) is 2.12. The Balaban J connectivity index is 2.19. The Hall–Kier alpha value is -2.78. The molecule has 0 saturated heterocycles. The molecular formula is C20H23ClN4O4S. The van der Waals surface area contributed by atoms with E-state index in [2.05, 4.69) is 0 Å². The van der Waals surface area contributed by atoms with Crippen molar-refractivity contribution >= 4 is 44.3 Å². The van der Waals surface area contributed by atoms with Crippen LogP contribution in [0.3, 0.4) is 0 Å². The molecule has 30 heavy (non-hydrogen) atoms. The average molecular weight is 451 g/mol. The second-order valence-electron chi connectivity index (χ2n) is 7.28. The molecule has 160 valence electrons. The van der Waals surface area contributed by atoms with Gasteiger partial charge in [-0.25, -0.2) is 13.2 Å². The first-order chi connectivity index (χ1) is 13.9. The predicted molar refractivity (Wildman–Crippen MR) is 118 cm³/mol. The van der Waals surface area contributed by atoms with Gasteiger partial charge in [0.25, 0.3) is 10.0 Å². The number of carbonyl (C=O) groups excluding carboxylic acids is 1. The van der Waals surface area contributed by atoms with E-state index < -0.39 is 10.0 Å². The van der Waals surface area contributed by atoms with E-state index in [9.17, 15) is 18.0 Å². The van der Waals surface area contributed by atoms with E-state index in [-0.39, 0.29) is 28.7 Å². The highest BCUT2D eigenvalue weighted by Crippen LogP contribution is 2.29. The smallest absolute Gasteiger partial charge is 0.328 e. The molecule has 3 aromatic rings. The number of likely N-dealkylation sites (N-methyl/N-ethyl adjacent to an activating group) is 1. The molecule has 10 heteroatoms. The summed E-state index contributed by atoms with van der Waals surface area (Å²) in [7, 11) is 2.19. The van der Waals surface area contributed by atoms with E-state index in [0.717, 1.165) is 9.87 Å². The number of nitrogens with zero attached hydrogens (tertiary/aromatic N) is 4.